The Balaban J connectivity index is 1.57. The lowest BCUT2D eigenvalue weighted by molar-refractivity contribution is 0.0617. The zero-order valence-corrected chi connectivity index (χ0v) is 12.3. The van der Waals surface area contributed by atoms with Gasteiger partial charge in [0.1, 0.15) is 12.2 Å². The van der Waals surface area contributed by atoms with Gasteiger partial charge in [0.25, 0.3) is 5.91 Å². The summed E-state index contributed by atoms with van der Waals surface area (Å²) in [7, 11) is 0. The van der Waals surface area contributed by atoms with Gasteiger partial charge in [-0.25, -0.2) is 4.79 Å². The summed E-state index contributed by atoms with van der Waals surface area (Å²) in [4.78, 5) is 27.7. The number of carbonyl (C=O) groups is 2. The quantitative estimate of drug-likeness (QED) is 0.842. The van der Waals surface area contributed by atoms with Gasteiger partial charge in [-0.2, -0.15) is 0 Å². The highest BCUT2D eigenvalue weighted by Crippen LogP contribution is 2.26. The molecule has 7 nitrogen and oxygen atoms in total. The molecule has 0 unspecified atom stereocenters. The van der Waals surface area contributed by atoms with Gasteiger partial charge < -0.3 is 14.2 Å². The van der Waals surface area contributed by atoms with Crippen molar-refractivity contribution in [2.24, 2.45) is 0 Å². The van der Waals surface area contributed by atoms with E-state index in [1.165, 1.54) is 6.20 Å². The van der Waals surface area contributed by atoms with Crippen LogP contribution in [0.15, 0.2) is 41.1 Å². The third kappa shape index (κ3) is 2.34. The lowest BCUT2D eigenvalue weighted by atomic mass is 10.1. The minimum atomic E-state index is -0.294. The Morgan fingerprint density at radius 2 is 2.04 bits per heavy atom. The summed E-state index contributed by atoms with van der Waals surface area (Å²) < 4.78 is 10.3. The first-order valence-electron chi connectivity index (χ1n) is 7.47. The number of aromatic nitrogens is 1. The van der Waals surface area contributed by atoms with E-state index in [0.717, 1.165) is 5.56 Å². The molecular formula is C16H15N3O4. The Morgan fingerprint density at radius 1 is 1.22 bits per heavy atom. The van der Waals surface area contributed by atoms with E-state index in [1.54, 1.807) is 9.80 Å². The van der Waals surface area contributed by atoms with Gasteiger partial charge in [0.2, 0.25) is 0 Å². The predicted octanol–water partition coefficient (Wildman–Crippen LogP) is 1.62. The van der Waals surface area contributed by atoms with Gasteiger partial charge in [-0.05, 0) is 0 Å². The van der Waals surface area contributed by atoms with Crippen molar-refractivity contribution < 1.29 is 18.8 Å². The highest BCUT2D eigenvalue weighted by molar-refractivity contribution is 5.99. The highest BCUT2D eigenvalue weighted by Gasteiger charge is 2.39. The Kier molecular flexibility index (Phi) is 3.25. The molecule has 7 heteroatoms. The molecule has 1 aromatic carbocycles. The molecule has 2 aliphatic rings. The minimum absolute atomic E-state index is 0.0692. The number of cyclic esters (lactones) is 1. The molecule has 4 rings (SSSR count). The summed E-state index contributed by atoms with van der Waals surface area (Å²) in [6.45, 7) is 1.76. The van der Waals surface area contributed by atoms with E-state index < -0.39 is 0 Å². The maximum absolute atomic E-state index is 12.8. The van der Waals surface area contributed by atoms with Gasteiger partial charge in [-0.3, -0.25) is 9.69 Å². The van der Waals surface area contributed by atoms with Crippen molar-refractivity contribution in [2.45, 2.75) is 6.04 Å². The molecule has 23 heavy (non-hydrogen) atoms. The molecule has 2 saturated heterocycles. The summed E-state index contributed by atoms with van der Waals surface area (Å²) >= 11 is 0. The van der Waals surface area contributed by atoms with Crippen molar-refractivity contribution in [3.63, 3.8) is 0 Å². The van der Waals surface area contributed by atoms with Crippen molar-refractivity contribution in [2.75, 3.05) is 26.2 Å². The van der Waals surface area contributed by atoms with Crippen LogP contribution in [-0.2, 0) is 4.74 Å². The van der Waals surface area contributed by atoms with Crippen LogP contribution in [0.25, 0.3) is 11.3 Å². The summed E-state index contributed by atoms with van der Waals surface area (Å²) in [5, 5.41) is 3.78. The Morgan fingerprint density at radius 3 is 2.87 bits per heavy atom. The highest BCUT2D eigenvalue weighted by atomic mass is 16.6. The van der Waals surface area contributed by atoms with Gasteiger partial charge in [-0.15, -0.1) is 0 Å². The van der Waals surface area contributed by atoms with E-state index in [4.69, 9.17) is 9.26 Å². The number of hydrogen-bond donors (Lipinski definition) is 0. The minimum Gasteiger partial charge on any atom is -0.447 e. The molecule has 2 amide bonds. The smallest absolute Gasteiger partial charge is 0.410 e. The molecule has 0 saturated carbocycles. The van der Waals surface area contributed by atoms with E-state index in [1.807, 2.05) is 30.3 Å². The molecule has 2 aromatic rings. The number of fused-ring (bicyclic) bond motifs is 1. The first kappa shape index (κ1) is 13.8. The number of benzene rings is 1. The molecule has 1 aromatic heterocycles. The standard InChI is InChI=1S/C16H15N3O4/c20-15(18-6-7-19-12(9-18)10-22-16(19)21)13-8-17-23-14(13)11-4-2-1-3-5-11/h1-5,8,12H,6-7,9-10H2/t12-/m0/s1. The fourth-order valence-electron chi connectivity index (χ4n) is 3.03. The normalized spacial score (nSPS) is 20.3. The van der Waals surface area contributed by atoms with Crippen LogP contribution in [-0.4, -0.2) is 59.2 Å². The van der Waals surface area contributed by atoms with Crippen molar-refractivity contribution in [3.8, 4) is 11.3 Å². The molecule has 0 bridgehead atoms. The summed E-state index contributed by atoms with van der Waals surface area (Å²) in [5.41, 5.74) is 1.25. The third-order valence-electron chi connectivity index (χ3n) is 4.24. The second-order valence-electron chi connectivity index (χ2n) is 5.61. The van der Waals surface area contributed by atoms with E-state index >= 15 is 0 Å². The number of nitrogens with zero attached hydrogens (tertiary/aromatic N) is 3. The molecular weight excluding hydrogens is 298 g/mol. The Bertz CT molecular complexity index is 743. The molecule has 2 fully saturated rings. The van der Waals surface area contributed by atoms with Crippen LogP contribution in [0, 0.1) is 0 Å². The molecule has 0 aliphatic carbocycles. The zero-order valence-electron chi connectivity index (χ0n) is 12.3. The maximum atomic E-state index is 12.8. The fraction of sp³-hybridized carbons (Fsp3) is 0.312. The average Bonchev–Trinajstić information content (AvgIpc) is 3.22. The van der Waals surface area contributed by atoms with Crippen LogP contribution in [0.5, 0.6) is 0 Å². The SMILES string of the molecule is O=C(c1cnoc1-c1ccccc1)N1CCN2C(=O)OC[C@@H]2C1. The zero-order chi connectivity index (χ0) is 15.8. The van der Waals surface area contributed by atoms with E-state index in [-0.39, 0.29) is 18.0 Å². The maximum Gasteiger partial charge on any atom is 0.410 e. The van der Waals surface area contributed by atoms with Crippen molar-refractivity contribution in [3.05, 3.63) is 42.1 Å². The van der Waals surface area contributed by atoms with Crippen molar-refractivity contribution in [1.82, 2.24) is 15.0 Å². The van der Waals surface area contributed by atoms with Crippen LogP contribution >= 0.6 is 0 Å². The number of hydrogen-bond acceptors (Lipinski definition) is 5. The van der Waals surface area contributed by atoms with Gasteiger partial charge in [-0.1, -0.05) is 35.5 Å². The van der Waals surface area contributed by atoms with E-state index in [0.29, 0.717) is 37.6 Å². The number of rotatable bonds is 2. The molecule has 0 N–H and O–H groups in total. The van der Waals surface area contributed by atoms with E-state index in [2.05, 4.69) is 5.16 Å². The Labute approximate surface area is 132 Å². The van der Waals surface area contributed by atoms with Crippen molar-refractivity contribution in [1.29, 1.82) is 0 Å². The predicted molar refractivity (Wildman–Crippen MR) is 79.7 cm³/mol. The van der Waals surface area contributed by atoms with Gasteiger partial charge in [0, 0.05) is 25.2 Å². The second kappa shape index (κ2) is 5.42. The molecule has 2 aliphatic heterocycles. The number of carbonyl (C=O) groups excluding carboxylic acids is 2. The number of piperazine rings is 1. The monoisotopic (exact) mass is 313 g/mol. The lowest BCUT2D eigenvalue weighted by Crippen LogP contribution is -2.53. The topological polar surface area (TPSA) is 75.9 Å². The van der Waals surface area contributed by atoms with Crippen LogP contribution < -0.4 is 0 Å². The van der Waals surface area contributed by atoms with Crippen molar-refractivity contribution >= 4 is 12.0 Å². The lowest BCUT2D eigenvalue weighted by Gasteiger charge is -2.35. The third-order valence-corrected chi connectivity index (χ3v) is 4.24. The second-order valence-corrected chi connectivity index (χ2v) is 5.61. The molecule has 118 valence electrons. The van der Waals surface area contributed by atoms with Gasteiger partial charge in [0.15, 0.2) is 5.76 Å². The van der Waals surface area contributed by atoms with Gasteiger partial charge >= 0.3 is 6.09 Å². The first-order chi connectivity index (χ1) is 11.2. The fourth-order valence-corrected chi connectivity index (χ4v) is 3.03. The molecule has 0 radical (unpaired) electrons. The van der Waals surface area contributed by atoms with Crippen LogP contribution in [0.3, 0.4) is 0 Å². The largest absolute Gasteiger partial charge is 0.447 e. The van der Waals surface area contributed by atoms with Crippen LogP contribution in [0.2, 0.25) is 0 Å². The summed E-state index contributed by atoms with van der Waals surface area (Å²) in [6, 6.07) is 9.34. The Hall–Kier alpha value is -2.83. The number of ether oxygens (including phenoxy) is 1. The van der Waals surface area contributed by atoms with Crippen LogP contribution in [0.1, 0.15) is 10.4 Å². The first-order valence-corrected chi connectivity index (χ1v) is 7.47. The van der Waals surface area contributed by atoms with Gasteiger partial charge in [0.05, 0.1) is 12.2 Å². The van der Waals surface area contributed by atoms with Crippen LogP contribution in [0.4, 0.5) is 4.79 Å². The summed E-state index contributed by atoms with van der Waals surface area (Å²) in [5.74, 6) is 0.334. The van der Waals surface area contributed by atoms with E-state index in [9.17, 15) is 9.59 Å². The molecule has 1 atom stereocenters. The average molecular weight is 313 g/mol. The molecule has 0 spiro atoms. The summed E-state index contributed by atoms with van der Waals surface area (Å²) in [6.07, 6.45) is 1.16. The number of amides is 2. The molecule has 3 heterocycles.